The van der Waals surface area contributed by atoms with Gasteiger partial charge in [0, 0.05) is 17.7 Å². The van der Waals surface area contributed by atoms with Gasteiger partial charge < -0.3 is 4.74 Å². The van der Waals surface area contributed by atoms with Gasteiger partial charge in [0.15, 0.2) is 5.75 Å². The highest BCUT2D eigenvalue weighted by Crippen LogP contribution is 2.22. The molecule has 2 rings (SSSR count). The Morgan fingerprint density at radius 2 is 1.84 bits per heavy atom. The fraction of sp³-hybridized carbons (Fsp3) is 0.0714. The summed E-state index contributed by atoms with van der Waals surface area (Å²) in [5.74, 6) is 0.200. The van der Waals surface area contributed by atoms with Crippen molar-refractivity contribution in [2.75, 3.05) is 7.11 Å². The van der Waals surface area contributed by atoms with Crippen molar-refractivity contribution in [1.29, 1.82) is 0 Å². The Kier molecular flexibility index (Phi) is 3.56. The predicted molar refractivity (Wildman–Crippen MR) is 71.4 cm³/mol. The van der Waals surface area contributed by atoms with Crippen LogP contribution in [0.4, 0.5) is 5.69 Å². The highest BCUT2D eigenvalue weighted by atomic mass is 16.6. The molecule has 0 spiro atoms. The number of nitrogens with zero attached hydrogens (tertiary/aromatic N) is 1. The monoisotopic (exact) mass is 257 g/mol. The van der Waals surface area contributed by atoms with Crippen molar-refractivity contribution in [3.63, 3.8) is 0 Å². The smallest absolute Gasteiger partial charge is 0.270 e. The summed E-state index contributed by atoms with van der Waals surface area (Å²) in [4.78, 5) is 22.5. The average Bonchev–Trinajstić information content (AvgIpc) is 2.60. The van der Waals surface area contributed by atoms with Crippen LogP contribution in [0.5, 0.6) is 5.75 Å². The third-order valence-corrected chi connectivity index (χ3v) is 2.68. The number of methoxy groups -OCH3 is 1. The van der Waals surface area contributed by atoms with Crippen molar-refractivity contribution in [3.8, 4) is 16.9 Å². The molecule has 0 radical (unpaired) electrons. The molecule has 0 saturated carbocycles. The van der Waals surface area contributed by atoms with Crippen molar-refractivity contribution in [2.24, 2.45) is 0 Å². The molecule has 0 fully saturated rings. The lowest BCUT2D eigenvalue weighted by Gasteiger charge is -2.00. The largest absolute Gasteiger partial charge is 0.493 e. The lowest BCUT2D eigenvalue weighted by molar-refractivity contribution is -0.384. The fourth-order valence-electron chi connectivity index (χ4n) is 1.75. The van der Waals surface area contributed by atoms with Crippen LogP contribution in [0.3, 0.4) is 0 Å². The predicted octanol–water partition coefficient (Wildman–Crippen LogP) is 2.63. The van der Waals surface area contributed by atoms with E-state index in [0.717, 1.165) is 0 Å². The summed E-state index contributed by atoms with van der Waals surface area (Å²) in [7, 11) is 1.41. The van der Waals surface area contributed by atoms with Crippen LogP contribution in [0.25, 0.3) is 11.1 Å². The molecule has 2 aromatic rings. The van der Waals surface area contributed by atoms with Crippen LogP contribution in [0.2, 0.25) is 0 Å². The Hall–Kier alpha value is -2.69. The summed E-state index contributed by atoms with van der Waals surface area (Å²) >= 11 is 0. The molecule has 0 heterocycles. The van der Waals surface area contributed by atoms with Crippen molar-refractivity contribution >= 4 is 5.69 Å². The van der Waals surface area contributed by atoms with Gasteiger partial charge in [-0.3, -0.25) is 14.9 Å². The van der Waals surface area contributed by atoms with E-state index in [1.165, 1.54) is 19.2 Å². The number of nitro groups is 1. The molecule has 0 aromatic heterocycles. The van der Waals surface area contributed by atoms with Crippen LogP contribution in [-0.4, -0.2) is 12.0 Å². The molecule has 0 aliphatic rings. The van der Waals surface area contributed by atoms with E-state index in [1.807, 2.05) is 0 Å². The Balaban J connectivity index is 2.66. The maximum absolute atomic E-state index is 12.2. The Bertz CT molecular complexity index is 682. The van der Waals surface area contributed by atoms with Crippen LogP contribution in [0.1, 0.15) is 0 Å². The van der Waals surface area contributed by atoms with Gasteiger partial charge in [-0.15, -0.1) is 0 Å². The maximum Gasteiger partial charge on any atom is 0.270 e. The number of ether oxygens (including phenoxy) is 1. The number of hydrogen-bond acceptors (Lipinski definition) is 4. The number of non-ortho nitro benzene ring substituents is 1. The second-order valence-electron chi connectivity index (χ2n) is 3.84. The first kappa shape index (κ1) is 12.8. The van der Waals surface area contributed by atoms with Crippen LogP contribution < -0.4 is 10.2 Å². The molecule has 96 valence electrons. The topological polar surface area (TPSA) is 69.4 Å². The molecule has 0 N–H and O–H groups in total. The van der Waals surface area contributed by atoms with E-state index in [4.69, 9.17) is 4.74 Å². The molecule has 5 nitrogen and oxygen atoms in total. The lowest BCUT2D eigenvalue weighted by atomic mass is 10.1. The number of hydrogen-bond donors (Lipinski definition) is 0. The molecular formula is C14H11NO4. The average molecular weight is 257 g/mol. The van der Waals surface area contributed by atoms with Crippen molar-refractivity contribution in [3.05, 3.63) is 68.9 Å². The first-order valence-electron chi connectivity index (χ1n) is 5.55. The van der Waals surface area contributed by atoms with E-state index in [9.17, 15) is 14.9 Å². The normalized spacial score (nSPS) is 9.95. The van der Waals surface area contributed by atoms with Gasteiger partial charge >= 0.3 is 0 Å². The summed E-state index contributed by atoms with van der Waals surface area (Å²) in [5, 5.41) is 10.8. The third kappa shape index (κ3) is 2.60. The quantitative estimate of drug-likeness (QED) is 0.626. The Morgan fingerprint density at radius 3 is 2.53 bits per heavy atom. The maximum atomic E-state index is 12.2. The fourth-order valence-corrected chi connectivity index (χ4v) is 1.75. The Morgan fingerprint density at radius 1 is 1.11 bits per heavy atom. The molecule has 2 aromatic carbocycles. The van der Waals surface area contributed by atoms with Crippen molar-refractivity contribution in [1.82, 2.24) is 0 Å². The van der Waals surface area contributed by atoms with Crippen LogP contribution in [0, 0.1) is 10.1 Å². The van der Waals surface area contributed by atoms with Gasteiger partial charge in [-0.1, -0.05) is 30.3 Å². The van der Waals surface area contributed by atoms with Gasteiger partial charge in [-0.25, -0.2) is 0 Å². The van der Waals surface area contributed by atoms with E-state index in [-0.39, 0.29) is 16.9 Å². The van der Waals surface area contributed by atoms with E-state index in [0.29, 0.717) is 11.1 Å². The molecule has 0 unspecified atom stereocenters. The molecule has 0 aliphatic heterocycles. The van der Waals surface area contributed by atoms with Gasteiger partial charge in [0.25, 0.3) is 5.69 Å². The second kappa shape index (κ2) is 5.30. The van der Waals surface area contributed by atoms with Gasteiger partial charge in [0.1, 0.15) is 0 Å². The van der Waals surface area contributed by atoms with Gasteiger partial charge in [0.2, 0.25) is 5.43 Å². The second-order valence-corrected chi connectivity index (χ2v) is 3.84. The summed E-state index contributed by atoms with van der Waals surface area (Å²) in [6, 6.07) is 12.5. The summed E-state index contributed by atoms with van der Waals surface area (Å²) in [5.41, 5.74) is 0.509. The minimum Gasteiger partial charge on any atom is -0.493 e. The summed E-state index contributed by atoms with van der Waals surface area (Å²) in [6.07, 6.45) is 0. The zero-order chi connectivity index (χ0) is 13.8. The van der Waals surface area contributed by atoms with Gasteiger partial charge in [-0.05, 0) is 11.6 Å². The minimum absolute atomic E-state index is 0.0534. The zero-order valence-electron chi connectivity index (χ0n) is 10.2. The number of rotatable bonds is 3. The van der Waals surface area contributed by atoms with E-state index < -0.39 is 4.92 Å². The van der Waals surface area contributed by atoms with E-state index in [2.05, 4.69) is 0 Å². The zero-order valence-corrected chi connectivity index (χ0v) is 10.2. The number of nitro benzene ring substituents is 1. The van der Waals surface area contributed by atoms with Crippen molar-refractivity contribution in [2.45, 2.75) is 0 Å². The standard InChI is InChI=1S/C14H11NO4/c1-19-13-8-3-2-7-12(14(13)16)10-5-4-6-11(9-10)15(17)18/h2-9H,1H3. The summed E-state index contributed by atoms with van der Waals surface area (Å²) in [6.45, 7) is 0. The number of benzene rings is 1. The Labute approximate surface area is 109 Å². The molecule has 0 amide bonds. The molecule has 0 saturated heterocycles. The highest BCUT2D eigenvalue weighted by molar-refractivity contribution is 5.66. The lowest BCUT2D eigenvalue weighted by Crippen LogP contribution is -2.05. The van der Waals surface area contributed by atoms with E-state index in [1.54, 1.807) is 36.4 Å². The molecule has 0 aliphatic carbocycles. The first-order chi connectivity index (χ1) is 9.13. The highest BCUT2D eigenvalue weighted by Gasteiger charge is 2.10. The SMILES string of the molecule is COc1ccccc(-c2cccc([N+](=O)[O-])c2)c1=O. The molecular weight excluding hydrogens is 246 g/mol. The van der Waals surface area contributed by atoms with Crippen LogP contribution in [-0.2, 0) is 0 Å². The third-order valence-electron chi connectivity index (χ3n) is 2.68. The van der Waals surface area contributed by atoms with Gasteiger partial charge in [0.05, 0.1) is 12.0 Å². The van der Waals surface area contributed by atoms with Crippen LogP contribution in [0.15, 0.2) is 53.3 Å². The minimum atomic E-state index is -0.492. The summed E-state index contributed by atoms with van der Waals surface area (Å²) < 4.78 is 5.00. The van der Waals surface area contributed by atoms with Crippen LogP contribution >= 0.6 is 0 Å². The first-order valence-corrected chi connectivity index (χ1v) is 5.55. The molecule has 5 heteroatoms. The van der Waals surface area contributed by atoms with Gasteiger partial charge in [-0.2, -0.15) is 0 Å². The van der Waals surface area contributed by atoms with E-state index >= 15 is 0 Å². The molecule has 0 atom stereocenters. The molecule has 0 bridgehead atoms. The molecule has 19 heavy (non-hydrogen) atoms. The van der Waals surface area contributed by atoms with Crippen molar-refractivity contribution < 1.29 is 9.66 Å².